The van der Waals surface area contributed by atoms with Crippen LogP contribution in [0.25, 0.3) is 0 Å². The van der Waals surface area contributed by atoms with Gasteiger partial charge in [0.15, 0.2) is 0 Å². The summed E-state index contributed by atoms with van der Waals surface area (Å²) in [6.45, 7) is 2.00. The van der Waals surface area contributed by atoms with E-state index in [2.05, 4.69) is 10.5 Å². The lowest BCUT2D eigenvalue weighted by Gasteiger charge is -1.98. The zero-order valence-corrected chi connectivity index (χ0v) is 10.2. The van der Waals surface area contributed by atoms with Gasteiger partial charge in [0.05, 0.1) is 11.1 Å². The Bertz CT molecular complexity index is 532. The van der Waals surface area contributed by atoms with Gasteiger partial charge in [-0.1, -0.05) is 30.3 Å². The second-order valence-electron chi connectivity index (χ2n) is 3.53. The van der Waals surface area contributed by atoms with Gasteiger partial charge >= 0.3 is 0 Å². The number of benzene rings is 1. The van der Waals surface area contributed by atoms with E-state index >= 15 is 0 Å². The highest BCUT2D eigenvalue weighted by Gasteiger charge is 2.03. The van der Waals surface area contributed by atoms with Crippen molar-refractivity contribution in [2.45, 2.75) is 6.92 Å². The van der Waals surface area contributed by atoms with Gasteiger partial charge in [0.25, 0.3) is 5.91 Å². The summed E-state index contributed by atoms with van der Waals surface area (Å²) in [6, 6.07) is 11.5. The van der Waals surface area contributed by atoms with Crippen LogP contribution in [0.5, 0.6) is 0 Å². The number of nitrogens with zero attached hydrogens (tertiary/aromatic N) is 1. The fourth-order valence-electron chi connectivity index (χ4n) is 1.35. The van der Waals surface area contributed by atoms with Gasteiger partial charge in [0, 0.05) is 0 Å². The molecule has 0 bridgehead atoms. The number of amides is 1. The SMILES string of the molecule is Cc1ccccc1/C=N\NC(=O)c1cccs1. The fourth-order valence-corrected chi connectivity index (χ4v) is 1.97. The van der Waals surface area contributed by atoms with Crippen molar-refractivity contribution >= 4 is 23.5 Å². The first-order chi connectivity index (χ1) is 8.27. The van der Waals surface area contributed by atoms with E-state index in [0.29, 0.717) is 4.88 Å². The Morgan fingerprint density at radius 3 is 2.82 bits per heavy atom. The average Bonchev–Trinajstić information content (AvgIpc) is 2.85. The van der Waals surface area contributed by atoms with Crippen molar-refractivity contribution in [2.75, 3.05) is 0 Å². The number of carbonyl (C=O) groups is 1. The number of hydrazone groups is 1. The lowest BCUT2D eigenvalue weighted by Crippen LogP contribution is -2.16. The Labute approximate surface area is 104 Å². The predicted octanol–water partition coefficient (Wildman–Crippen LogP) is 2.82. The van der Waals surface area contributed by atoms with Crippen LogP contribution in [-0.4, -0.2) is 12.1 Å². The van der Waals surface area contributed by atoms with Crippen molar-refractivity contribution in [1.29, 1.82) is 0 Å². The molecule has 1 heterocycles. The first-order valence-electron chi connectivity index (χ1n) is 5.20. The zero-order valence-electron chi connectivity index (χ0n) is 9.38. The maximum absolute atomic E-state index is 11.6. The van der Waals surface area contributed by atoms with Crippen LogP contribution in [-0.2, 0) is 0 Å². The van der Waals surface area contributed by atoms with E-state index < -0.39 is 0 Å². The van der Waals surface area contributed by atoms with E-state index in [9.17, 15) is 4.79 Å². The first-order valence-corrected chi connectivity index (χ1v) is 6.08. The highest BCUT2D eigenvalue weighted by atomic mass is 32.1. The molecule has 4 heteroatoms. The van der Waals surface area contributed by atoms with Crippen molar-refractivity contribution in [3.63, 3.8) is 0 Å². The summed E-state index contributed by atoms with van der Waals surface area (Å²) in [7, 11) is 0. The Hall–Kier alpha value is -1.94. The molecule has 0 saturated carbocycles. The molecule has 1 N–H and O–H groups in total. The van der Waals surface area contributed by atoms with Gasteiger partial charge in [-0.2, -0.15) is 5.10 Å². The predicted molar refractivity (Wildman–Crippen MR) is 70.6 cm³/mol. The molecule has 1 aromatic heterocycles. The number of hydrogen-bond donors (Lipinski definition) is 1. The van der Waals surface area contributed by atoms with Crippen LogP contribution in [0.4, 0.5) is 0 Å². The Morgan fingerprint density at radius 2 is 2.12 bits per heavy atom. The average molecular weight is 244 g/mol. The lowest BCUT2D eigenvalue weighted by atomic mass is 10.1. The third-order valence-electron chi connectivity index (χ3n) is 2.30. The molecule has 86 valence electrons. The molecule has 0 saturated heterocycles. The van der Waals surface area contributed by atoms with Crippen LogP contribution in [0.2, 0.25) is 0 Å². The van der Waals surface area contributed by atoms with E-state index in [1.165, 1.54) is 11.3 Å². The van der Waals surface area contributed by atoms with Crippen LogP contribution in [0.1, 0.15) is 20.8 Å². The second kappa shape index (κ2) is 5.41. The molecule has 0 radical (unpaired) electrons. The van der Waals surface area contributed by atoms with Gasteiger partial charge in [-0.3, -0.25) is 4.79 Å². The van der Waals surface area contributed by atoms with E-state index in [4.69, 9.17) is 0 Å². The van der Waals surface area contributed by atoms with Crippen molar-refractivity contribution < 1.29 is 4.79 Å². The highest BCUT2D eigenvalue weighted by molar-refractivity contribution is 7.12. The largest absolute Gasteiger partial charge is 0.281 e. The summed E-state index contributed by atoms with van der Waals surface area (Å²) in [5, 5.41) is 5.80. The summed E-state index contributed by atoms with van der Waals surface area (Å²) in [6.07, 6.45) is 1.65. The minimum atomic E-state index is -0.176. The van der Waals surface area contributed by atoms with Gasteiger partial charge in [0.2, 0.25) is 0 Å². The summed E-state index contributed by atoms with van der Waals surface area (Å²) >= 11 is 1.39. The molecule has 1 aromatic carbocycles. The molecule has 0 unspecified atom stereocenters. The topological polar surface area (TPSA) is 41.5 Å². The third kappa shape index (κ3) is 3.01. The second-order valence-corrected chi connectivity index (χ2v) is 4.48. The molecule has 2 rings (SSSR count). The smallest absolute Gasteiger partial charge is 0.266 e. The maximum atomic E-state index is 11.6. The molecular weight excluding hydrogens is 232 g/mol. The number of carbonyl (C=O) groups excluding carboxylic acids is 1. The highest BCUT2D eigenvalue weighted by Crippen LogP contribution is 2.07. The summed E-state index contributed by atoms with van der Waals surface area (Å²) in [5.74, 6) is -0.176. The van der Waals surface area contributed by atoms with Crippen LogP contribution in [0.3, 0.4) is 0 Å². The van der Waals surface area contributed by atoms with Crippen molar-refractivity contribution in [2.24, 2.45) is 5.10 Å². The molecule has 0 aliphatic heterocycles. The van der Waals surface area contributed by atoms with Crippen LogP contribution < -0.4 is 5.43 Å². The molecule has 0 fully saturated rings. The molecule has 2 aromatic rings. The molecule has 0 aliphatic carbocycles. The fraction of sp³-hybridized carbons (Fsp3) is 0.0769. The summed E-state index contributed by atoms with van der Waals surface area (Å²) in [4.78, 5) is 12.2. The Balaban J connectivity index is 1.99. The molecule has 0 aliphatic rings. The maximum Gasteiger partial charge on any atom is 0.281 e. The normalized spacial score (nSPS) is 10.6. The van der Waals surface area contributed by atoms with Crippen LogP contribution in [0.15, 0.2) is 46.9 Å². The Kier molecular flexibility index (Phi) is 3.67. The van der Waals surface area contributed by atoms with Gasteiger partial charge in [-0.25, -0.2) is 5.43 Å². The number of aryl methyl sites for hydroxylation is 1. The monoisotopic (exact) mass is 244 g/mol. The van der Waals surface area contributed by atoms with Gasteiger partial charge in [-0.15, -0.1) is 11.3 Å². The standard InChI is InChI=1S/C13H12N2OS/c1-10-5-2-3-6-11(10)9-14-15-13(16)12-7-4-8-17-12/h2-9H,1H3,(H,15,16)/b14-9-. The van der Waals surface area contributed by atoms with Gasteiger partial charge in [0.1, 0.15) is 0 Å². The van der Waals surface area contributed by atoms with Crippen molar-refractivity contribution in [3.8, 4) is 0 Å². The third-order valence-corrected chi connectivity index (χ3v) is 3.17. The summed E-state index contributed by atoms with van der Waals surface area (Å²) < 4.78 is 0. The zero-order chi connectivity index (χ0) is 12.1. The van der Waals surface area contributed by atoms with Gasteiger partial charge in [-0.05, 0) is 29.5 Å². The van der Waals surface area contributed by atoms with Crippen molar-refractivity contribution in [1.82, 2.24) is 5.43 Å². The molecular formula is C13H12N2OS. The molecule has 17 heavy (non-hydrogen) atoms. The molecule has 3 nitrogen and oxygen atoms in total. The quantitative estimate of drug-likeness (QED) is 0.654. The molecule has 0 atom stereocenters. The van der Waals surface area contributed by atoms with E-state index in [-0.39, 0.29) is 5.91 Å². The number of nitrogens with one attached hydrogen (secondary N) is 1. The minimum Gasteiger partial charge on any atom is -0.266 e. The number of hydrogen-bond acceptors (Lipinski definition) is 3. The minimum absolute atomic E-state index is 0.176. The van der Waals surface area contributed by atoms with E-state index in [1.54, 1.807) is 12.3 Å². The van der Waals surface area contributed by atoms with Crippen LogP contribution in [0, 0.1) is 6.92 Å². The first kappa shape index (κ1) is 11.5. The Morgan fingerprint density at radius 1 is 1.29 bits per heavy atom. The number of rotatable bonds is 3. The van der Waals surface area contributed by atoms with E-state index in [1.807, 2.05) is 42.6 Å². The lowest BCUT2D eigenvalue weighted by molar-refractivity contribution is 0.0959. The van der Waals surface area contributed by atoms with Gasteiger partial charge < -0.3 is 0 Å². The molecule has 0 spiro atoms. The van der Waals surface area contributed by atoms with E-state index in [0.717, 1.165) is 11.1 Å². The summed E-state index contributed by atoms with van der Waals surface area (Å²) in [5.41, 5.74) is 4.63. The number of thiophene rings is 1. The van der Waals surface area contributed by atoms with Crippen LogP contribution >= 0.6 is 11.3 Å². The van der Waals surface area contributed by atoms with Crippen molar-refractivity contribution in [3.05, 3.63) is 57.8 Å². The molecule has 1 amide bonds.